The molecule has 6 heteroatoms. The molecular formula is C19H27N5O. The summed E-state index contributed by atoms with van der Waals surface area (Å²) >= 11 is 0. The van der Waals surface area contributed by atoms with Crippen LogP contribution in [0.3, 0.4) is 0 Å². The summed E-state index contributed by atoms with van der Waals surface area (Å²) in [5.74, 6) is 0.867. The number of rotatable bonds is 6. The van der Waals surface area contributed by atoms with Gasteiger partial charge in [0.15, 0.2) is 5.82 Å². The van der Waals surface area contributed by atoms with E-state index in [2.05, 4.69) is 39.2 Å². The van der Waals surface area contributed by atoms with Gasteiger partial charge in [-0.25, -0.2) is 9.98 Å². The summed E-state index contributed by atoms with van der Waals surface area (Å²) in [6.45, 7) is 15.2. The van der Waals surface area contributed by atoms with Crippen molar-refractivity contribution >= 4 is 18.4 Å². The van der Waals surface area contributed by atoms with Gasteiger partial charge < -0.3 is 10.6 Å². The van der Waals surface area contributed by atoms with Gasteiger partial charge in [0.05, 0.1) is 17.6 Å². The lowest BCUT2D eigenvalue weighted by atomic mass is 10.0. The summed E-state index contributed by atoms with van der Waals surface area (Å²) in [5, 5.41) is 6.23. The number of aromatic nitrogens is 2. The third-order valence-corrected chi connectivity index (χ3v) is 4.47. The minimum Gasteiger partial charge on any atom is -0.365 e. The lowest BCUT2D eigenvalue weighted by Gasteiger charge is -2.18. The number of allylic oxidation sites excluding steroid dienone is 1. The molecule has 0 bridgehead atoms. The molecule has 2 N–H and O–H groups in total. The SMILES string of the molecule is C=N/C(NC1(C)CC1)=C(\C)C(C(=O)Nc1cnc(C)c(C)n1)=C(C)C. The number of hydrogen-bond acceptors (Lipinski definition) is 5. The first kappa shape index (κ1) is 18.8. The molecule has 25 heavy (non-hydrogen) atoms. The summed E-state index contributed by atoms with van der Waals surface area (Å²) in [5.41, 5.74) is 3.95. The van der Waals surface area contributed by atoms with Crippen LogP contribution in [0.15, 0.2) is 33.7 Å². The average molecular weight is 341 g/mol. The van der Waals surface area contributed by atoms with E-state index in [0.717, 1.165) is 35.4 Å². The Labute approximate surface area is 149 Å². The molecule has 0 radical (unpaired) electrons. The van der Waals surface area contributed by atoms with Crippen molar-refractivity contribution in [3.8, 4) is 0 Å². The number of aryl methyl sites for hydroxylation is 2. The summed E-state index contributed by atoms with van der Waals surface area (Å²) in [4.78, 5) is 25.5. The fourth-order valence-corrected chi connectivity index (χ4v) is 2.52. The highest BCUT2D eigenvalue weighted by Crippen LogP contribution is 2.36. The van der Waals surface area contributed by atoms with E-state index in [-0.39, 0.29) is 11.4 Å². The predicted molar refractivity (Wildman–Crippen MR) is 102 cm³/mol. The van der Waals surface area contributed by atoms with Gasteiger partial charge in [0.25, 0.3) is 5.91 Å². The first-order chi connectivity index (χ1) is 11.7. The van der Waals surface area contributed by atoms with E-state index in [4.69, 9.17) is 0 Å². The van der Waals surface area contributed by atoms with Crippen molar-refractivity contribution in [3.63, 3.8) is 0 Å². The van der Waals surface area contributed by atoms with Gasteiger partial charge in [0, 0.05) is 16.7 Å². The molecule has 1 aromatic rings. The Morgan fingerprint density at radius 2 is 1.88 bits per heavy atom. The van der Waals surface area contributed by atoms with Gasteiger partial charge in [0.1, 0.15) is 5.82 Å². The molecular weight excluding hydrogens is 314 g/mol. The third-order valence-electron chi connectivity index (χ3n) is 4.47. The Kier molecular flexibility index (Phi) is 5.40. The van der Waals surface area contributed by atoms with Gasteiger partial charge in [-0.3, -0.25) is 9.78 Å². The first-order valence-corrected chi connectivity index (χ1v) is 8.42. The second-order valence-electron chi connectivity index (χ2n) is 7.07. The van der Waals surface area contributed by atoms with Gasteiger partial charge in [-0.15, -0.1) is 0 Å². The highest BCUT2D eigenvalue weighted by Gasteiger charge is 2.38. The van der Waals surface area contributed by atoms with E-state index in [1.54, 1.807) is 6.20 Å². The number of nitrogens with zero attached hydrogens (tertiary/aromatic N) is 3. The van der Waals surface area contributed by atoms with Crippen LogP contribution < -0.4 is 10.6 Å². The predicted octanol–water partition coefficient (Wildman–Crippen LogP) is 3.44. The Morgan fingerprint density at radius 1 is 1.24 bits per heavy atom. The molecule has 0 atom stereocenters. The largest absolute Gasteiger partial charge is 0.365 e. The maximum atomic E-state index is 12.8. The second-order valence-corrected chi connectivity index (χ2v) is 7.07. The minimum atomic E-state index is -0.223. The van der Waals surface area contributed by atoms with Crippen molar-refractivity contribution in [1.29, 1.82) is 0 Å². The zero-order chi connectivity index (χ0) is 18.8. The number of aliphatic imine (C=N–C) groups is 1. The lowest BCUT2D eigenvalue weighted by molar-refractivity contribution is -0.112. The molecule has 1 aromatic heterocycles. The molecule has 1 aliphatic rings. The topological polar surface area (TPSA) is 79.3 Å². The molecule has 134 valence electrons. The summed E-state index contributed by atoms with van der Waals surface area (Å²) < 4.78 is 0. The van der Waals surface area contributed by atoms with E-state index in [1.807, 2.05) is 34.6 Å². The van der Waals surface area contributed by atoms with Crippen LogP contribution >= 0.6 is 0 Å². The monoisotopic (exact) mass is 341 g/mol. The highest BCUT2D eigenvalue weighted by atomic mass is 16.1. The van der Waals surface area contributed by atoms with Gasteiger partial charge in [-0.1, -0.05) is 5.57 Å². The first-order valence-electron chi connectivity index (χ1n) is 8.42. The zero-order valence-electron chi connectivity index (χ0n) is 15.9. The van der Waals surface area contributed by atoms with E-state index < -0.39 is 0 Å². The van der Waals surface area contributed by atoms with Crippen molar-refractivity contribution in [2.24, 2.45) is 4.99 Å². The smallest absolute Gasteiger partial charge is 0.257 e. The van der Waals surface area contributed by atoms with Crippen molar-refractivity contribution in [1.82, 2.24) is 15.3 Å². The fourth-order valence-electron chi connectivity index (χ4n) is 2.52. The summed E-state index contributed by atoms with van der Waals surface area (Å²) in [6, 6.07) is 0. The number of nitrogens with one attached hydrogen (secondary N) is 2. The van der Waals surface area contributed by atoms with Gasteiger partial charge >= 0.3 is 0 Å². The number of anilines is 1. The molecule has 1 amide bonds. The maximum absolute atomic E-state index is 12.8. The Bertz CT molecular complexity index is 768. The van der Waals surface area contributed by atoms with Crippen molar-refractivity contribution < 1.29 is 4.79 Å². The van der Waals surface area contributed by atoms with Crippen molar-refractivity contribution in [2.75, 3.05) is 5.32 Å². The molecule has 0 spiro atoms. The minimum absolute atomic E-state index is 0.0561. The fraction of sp³-hybridized carbons (Fsp3) is 0.474. The third kappa shape index (κ3) is 4.53. The molecule has 1 fully saturated rings. The average Bonchev–Trinajstić information content (AvgIpc) is 3.26. The number of carbonyl (C=O) groups is 1. The molecule has 1 aliphatic carbocycles. The Balaban J connectivity index is 2.30. The molecule has 6 nitrogen and oxygen atoms in total. The van der Waals surface area contributed by atoms with Crippen LogP contribution in [0.5, 0.6) is 0 Å². The van der Waals surface area contributed by atoms with Crippen molar-refractivity contribution in [3.05, 3.63) is 40.1 Å². The molecule has 2 rings (SSSR count). The quantitative estimate of drug-likeness (QED) is 0.472. The lowest BCUT2D eigenvalue weighted by Crippen LogP contribution is -2.28. The van der Waals surface area contributed by atoms with Crippen molar-refractivity contribution in [2.45, 2.75) is 59.9 Å². The van der Waals surface area contributed by atoms with E-state index >= 15 is 0 Å². The van der Waals surface area contributed by atoms with Crippen LogP contribution in [0.25, 0.3) is 0 Å². The number of carbonyl (C=O) groups excluding carboxylic acids is 1. The molecule has 0 aliphatic heterocycles. The van der Waals surface area contributed by atoms with E-state index in [0.29, 0.717) is 17.2 Å². The standard InChI is InChI=1S/C19H27N5O/c1-11(2)16(12(3)17(20-7)24-19(6)8-9-19)18(25)23-15-10-21-13(4)14(5)22-15/h10,24H,7-9H2,1-6H3,(H,22,23,25)/b17-12-. The Morgan fingerprint density at radius 3 is 2.36 bits per heavy atom. The maximum Gasteiger partial charge on any atom is 0.257 e. The number of amides is 1. The van der Waals surface area contributed by atoms with Crippen LogP contribution in [-0.2, 0) is 4.79 Å². The molecule has 0 saturated heterocycles. The van der Waals surface area contributed by atoms with Gasteiger partial charge in [-0.2, -0.15) is 0 Å². The van der Waals surface area contributed by atoms with Gasteiger partial charge in [-0.05, 0) is 61.1 Å². The normalized spacial score (nSPS) is 15.8. The van der Waals surface area contributed by atoms with E-state index in [1.165, 1.54) is 0 Å². The number of hydrogen-bond donors (Lipinski definition) is 2. The molecule has 1 saturated carbocycles. The second kappa shape index (κ2) is 7.17. The van der Waals surface area contributed by atoms with Crippen LogP contribution in [0, 0.1) is 13.8 Å². The molecule has 1 heterocycles. The summed E-state index contributed by atoms with van der Waals surface area (Å²) in [6.07, 6.45) is 3.75. The van der Waals surface area contributed by atoms with Crippen LogP contribution in [0.1, 0.15) is 51.9 Å². The van der Waals surface area contributed by atoms with Crippen LogP contribution in [-0.4, -0.2) is 28.1 Å². The summed E-state index contributed by atoms with van der Waals surface area (Å²) in [7, 11) is 0. The molecule has 0 unspecified atom stereocenters. The van der Waals surface area contributed by atoms with E-state index in [9.17, 15) is 4.79 Å². The highest BCUT2D eigenvalue weighted by molar-refractivity contribution is 6.06. The Hall–Kier alpha value is -2.50. The van der Waals surface area contributed by atoms with Crippen LogP contribution in [0.4, 0.5) is 5.82 Å². The van der Waals surface area contributed by atoms with Crippen LogP contribution in [0.2, 0.25) is 0 Å². The molecule has 0 aromatic carbocycles. The zero-order valence-corrected chi connectivity index (χ0v) is 15.9. The van der Waals surface area contributed by atoms with Gasteiger partial charge in [0.2, 0.25) is 0 Å².